The van der Waals surface area contributed by atoms with Crippen LogP contribution in [-0.2, 0) is 6.54 Å². The van der Waals surface area contributed by atoms with Gasteiger partial charge in [-0.15, -0.1) is 0 Å². The Morgan fingerprint density at radius 1 is 1.13 bits per heavy atom. The van der Waals surface area contributed by atoms with Crippen LogP contribution >= 0.6 is 0 Å². The Kier molecular flexibility index (Phi) is 6.56. The number of aryl methyl sites for hydroxylation is 1. The zero-order chi connectivity index (χ0) is 21.7. The Morgan fingerprint density at radius 3 is 2.53 bits per heavy atom. The molecule has 0 saturated carbocycles. The number of methoxy groups -OCH3 is 2. The van der Waals surface area contributed by atoms with Crippen molar-refractivity contribution in [1.82, 2.24) is 15.0 Å². The number of rotatable bonds is 7. The van der Waals surface area contributed by atoms with Gasteiger partial charge in [0.25, 0.3) is 0 Å². The van der Waals surface area contributed by atoms with Crippen LogP contribution in [0.5, 0.6) is 11.5 Å². The van der Waals surface area contributed by atoms with Crippen LogP contribution in [-0.4, -0.2) is 41.3 Å². The summed E-state index contributed by atoms with van der Waals surface area (Å²) in [7, 11) is 3.14. The lowest BCUT2D eigenvalue weighted by atomic mass is 10.2. The number of carbonyl (C=O) groups excluding carboxylic acids is 1. The third-order valence-corrected chi connectivity index (χ3v) is 4.69. The maximum Gasteiger partial charge on any atom is 0.322 e. The summed E-state index contributed by atoms with van der Waals surface area (Å²) in [6, 6.07) is 12.7. The van der Waals surface area contributed by atoms with Gasteiger partial charge in [-0.2, -0.15) is 4.98 Å². The molecule has 1 heterocycles. The number of benzene rings is 2. The predicted molar refractivity (Wildman–Crippen MR) is 114 cm³/mol. The minimum atomic E-state index is -0.231. The monoisotopic (exact) mass is 410 g/mol. The molecule has 0 aliphatic heterocycles. The van der Waals surface area contributed by atoms with E-state index in [0.717, 1.165) is 16.8 Å². The average Bonchev–Trinajstić information content (AvgIpc) is 3.21. The number of hydrogen-bond donors (Lipinski definition) is 1. The van der Waals surface area contributed by atoms with Crippen molar-refractivity contribution in [3.8, 4) is 22.9 Å². The van der Waals surface area contributed by atoms with Crippen molar-refractivity contribution in [2.24, 2.45) is 0 Å². The van der Waals surface area contributed by atoms with E-state index in [1.54, 1.807) is 31.3 Å². The molecule has 3 rings (SSSR count). The summed E-state index contributed by atoms with van der Waals surface area (Å²) in [6.07, 6.45) is 0. The second-order valence-corrected chi connectivity index (χ2v) is 7.05. The number of amides is 2. The Bertz CT molecular complexity index is 1020. The molecule has 0 aliphatic rings. The Hall–Kier alpha value is -3.55. The van der Waals surface area contributed by atoms with Gasteiger partial charge in [0, 0.05) is 17.3 Å². The van der Waals surface area contributed by atoms with Crippen molar-refractivity contribution in [3.63, 3.8) is 0 Å². The Morgan fingerprint density at radius 2 is 1.87 bits per heavy atom. The van der Waals surface area contributed by atoms with Crippen molar-refractivity contribution in [2.45, 2.75) is 33.4 Å². The zero-order valence-electron chi connectivity index (χ0n) is 17.8. The number of hydrogen-bond acceptors (Lipinski definition) is 6. The summed E-state index contributed by atoms with van der Waals surface area (Å²) < 4.78 is 16.0. The van der Waals surface area contributed by atoms with Crippen LogP contribution in [0.2, 0.25) is 0 Å². The third kappa shape index (κ3) is 4.71. The van der Waals surface area contributed by atoms with Crippen LogP contribution in [0.1, 0.15) is 25.3 Å². The molecule has 0 atom stereocenters. The van der Waals surface area contributed by atoms with Gasteiger partial charge >= 0.3 is 6.03 Å². The summed E-state index contributed by atoms with van der Waals surface area (Å²) in [5.41, 5.74) is 2.48. The molecule has 0 aliphatic carbocycles. The van der Waals surface area contributed by atoms with E-state index in [4.69, 9.17) is 14.0 Å². The fraction of sp³-hybridized carbons (Fsp3) is 0.318. The number of para-hydroxylation sites is 1. The second kappa shape index (κ2) is 9.30. The van der Waals surface area contributed by atoms with E-state index in [2.05, 4.69) is 15.5 Å². The number of carbonyl (C=O) groups is 1. The first-order chi connectivity index (χ1) is 14.4. The van der Waals surface area contributed by atoms with Crippen LogP contribution in [0.25, 0.3) is 11.4 Å². The SMILES string of the molecule is COc1ccc(-c2noc(CN(C(=O)Nc3ccccc3C)C(C)C)n2)cc1OC. The van der Waals surface area contributed by atoms with E-state index in [1.807, 2.05) is 51.1 Å². The van der Waals surface area contributed by atoms with Gasteiger partial charge in [0.05, 0.1) is 14.2 Å². The van der Waals surface area contributed by atoms with Crippen LogP contribution < -0.4 is 14.8 Å². The van der Waals surface area contributed by atoms with Crippen LogP contribution in [0.15, 0.2) is 47.0 Å². The van der Waals surface area contributed by atoms with Crippen molar-refractivity contribution in [1.29, 1.82) is 0 Å². The highest BCUT2D eigenvalue weighted by Crippen LogP contribution is 2.31. The van der Waals surface area contributed by atoms with Gasteiger partial charge in [-0.25, -0.2) is 4.79 Å². The lowest BCUT2D eigenvalue weighted by molar-refractivity contribution is 0.182. The minimum Gasteiger partial charge on any atom is -0.493 e. The molecule has 0 unspecified atom stereocenters. The first kappa shape index (κ1) is 21.2. The van der Waals surface area contributed by atoms with E-state index in [9.17, 15) is 4.79 Å². The lowest BCUT2D eigenvalue weighted by Crippen LogP contribution is -2.39. The van der Waals surface area contributed by atoms with E-state index >= 15 is 0 Å². The largest absolute Gasteiger partial charge is 0.493 e. The molecule has 0 radical (unpaired) electrons. The van der Waals surface area contributed by atoms with Crippen LogP contribution in [0.3, 0.4) is 0 Å². The summed E-state index contributed by atoms with van der Waals surface area (Å²) >= 11 is 0. The van der Waals surface area contributed by atoms with Gasteiger partial charge in [-0.3, -0.25) is 0 Å². The van der Waals surface area contributed by atoms with Gasteiger partial charge in [0.15, 0.2) is 11.5 Å². The average molecular weight is 410 g/mol. The number of anilines is 1. The maximum atomic E-state index is 12.8. The fourth-order valence-corrected chi connectivity index (χ4v) is 2.95. The Labute approximate surface area is 175 Å². The van der Waals surface area contributed by atoms with E-state index in [0.29, 0.717) is 23.2 Å². The molecule has 8 nitrogen and oxygen atoms in total. The quantitative estimate of drug-likeness (QED) is 0.617. The number of urea groups is 1. The molecule has 0 bridgehead atoms. The molecule has 2 amide bonds. The highest BCUT2D eigenvalue weighted by Gasteiger charge is 2.21. The van der Waals surface area contributed by atoms with Gasteiger partial charge in [-0.05, 0) is 50.6 Å². The maximum absolute atomic E-state index is 12.8. The lowest BCUT2D eigenvalue weighted by Gasteiger charge is -2.25. The van der Waals surface area contributed by atoms with Crippen molar-refractivity contribution in [3.05, 3.63) is 53.9 Å². The molecule has 158 valence electrons. The highest BCUT2D eigenvalue weighted by molar-refractivity contribution is 5.90. The van der Waals surface area contributed by atoms with Gasteiger partial charge < -0.3 is 24.2 Å². The topological polar surface area (TPSA) is 89.7 Å². The third-order valence-electron chi connectivity index (χ3n) is 4.69. The van der Waals surface area contributed by atoms with Gasteiger partial charge in [0.1, 0.15) is 6.54 Å². The predicted octanol–water partition coefficient (Wildman–Crippen LogP) is 4.50. The molecule has 30 heavy (non-hydrogen) atoms. The second-order valence-electron chi connectivity index (χ2n) is 7.05. The van der Waals surface area contributed by atoms with Gasteiger partial charge in [0.2, 0.25) is 11.7 Å². The van der Waals surface area contributed by atoms with E-state index < -0.39 is 0 Å². The summed E-state index contributed by atoms with van der Waals surface area (Å²) in [4.78, 5) is 18.9. The Balaban J connectivity index is 1.77. The number of nitrogens with one attached hydrogen (secondary N) is 1. The molecule has 0 saturated heterocycles. The molecular formula is C22H26N4O4. The van der Waals surface area contributed by atoms with Crippen LogP contribution in [0, 0.1) is 6.92 Å². The summed E-state index contributed by atoms with van der Waals surface area (Å²) in [5, 5.41) is 6.99. The van der Waals surface area contributed by atoms with Crippen molar-refractivity contribution < 1.29 is 18.8 Å². The molecule has 3 aromatic rings. The number of aromatic nitrogens is 2. The fourth-order valence-electron chi connectivity index (χ4n) is 2.95. The molecular weight excluding hydrogens is 384 g/mol. The molecule has 0 spiro atoms. The van der Waals surface area contributed by atoms with Crippen LogP contribution in [0.4, 0.5) is 10.5 Å². The summed E-state index contributed by atoms with van der Waals surface area (Å²) in [5.74, 6) is 1.94. The number of nitrogens with zero attached hydrogens (tertiary/aromatic N) is 3. The van der Waals surface area contributed by atoms with Crippen molar-refractivity contribution in [2.75, 3.05) is 19.5 Å². The smallest absolute Gasteiger partial charge is 0.322 e. The molecule has 0 fully saturated rings. The zero-order valence-corrected chi connectivity index (χ0v) is 17.8. The standard InChI is InChI=1S/C22H26N4O4/c1-14(2)26(22(27)23-17-9-7-6-8-15(17)3)13-20-24-21(25-30-20)16-10-11-18(28-4)19(12-16)29-5/h6-12,14H,13H2,1-5H3,(H,23,27). The first-order valence-corrected chi connectivity index (χ1v) is 9.61. The van der Waals surface area contributed by atoms with Gasteiger partial charge in [-0.1, -0.05) is 23.4 Å². The molecule has 8 heteroatoms. The van der Waals surface area contributed by atoms with E-state index in [-0.39, 0.29) is 18.6 Å². The molecule has 1 aromatic heterocycles. The number of ether oxygens (including phenoxy) is 2. The molecule has 1 N–H and O–H groups in total. The molecule has 2 aromatic carbocycles. The van der Waals surface area contributed by atoms with E-state index in [1.165, 1.54) is 0 Å². The highest BCUT2D eigenvalue weighted by atomic mass is 16.5. The normalized spacial score (nSPS) is 10.7. The minimum absolute atomic E-state index is 0.0644. The summed E-state index contributed by atoms with van der Waals surface area (Å²) in [6.45, 7) is 6.00. The first-order valence-electron chi connectivity index (χ1n) is 9.61. The van der Waals surface area contributed by atoms with Crippen molar-refractivity contribution >= 4 is 11.7 Å².